The molecule has 8 nitrogen and oxygen atoms in total. The molecule has 174 valence electrons. The first kappa shape index (κ1) is 24.1. The lowest BCUT2D eigenvalue weighted by atomic mass is 10.2. The third kappa shape index (κ3) is 6.96. The van der Waals surface area contributed by atoms with Crippen LogP contribution in [-0.2, 0) is 29.7 Å². The van der Waals surface area contributed by atoms with Crippen LogP contribution in [-0.4, -0.2) is 33.5 Å². The van der Waals surface area contributed by atoms with Crippen LogP contribution in [0.3, 0.4) is 0 Å². The van der Waals surface area contributed by atoms with Crippen molar-refractivity contribution in [2.24, 2.45) is 5.14 Å². The van der Waals surface area contributed by atoms with Gasteiger partial charge in [-0.1, -0.05) is 48.5 Å². The van der Waals surface area contributed by atoms with E-state index in [9.17, 15) is 13.2 Å². The molecule has 33 heavy (non-hydrogen) atoms. The lowest BCUT2D eigenvalue weighted by Crippen LogP contribution is -2.36. The molecule has 9 heteroatoms. The van der Waals surface area contributed by atoms with Gasteiger partial charge in [-0.3, -0.25) is 0 Å². The summed E-state index contributed by atoms with van der Waals surface area (Å²) >= 11 is 0. The average Bonchev–Trinajstić information content (AvgIpc) is 2.81. The largest absolute Gasteiger partial charge is 0.493 e. The number of rotatable bonds is 9. The lowest BCUT2D eigenvalue weighted by Gasteiger charge is -2.19. The zero-order valence-corrected chi connectivity index (χ0v) is 19.3. The quantitative estimate of drug-likeness (QED) is 0.500. The number of hydrogen-bond donors (Lipinski definition) is 2. The molecule has 0 fully saturated rings. The molecule has 0 aliphatic carbocycles. The third-order valence-electron chi connectivity index (χ3n) is 4.93. The first-order chi connectivity index (χ1) is 15.8. The van der Waals surface area contributed by atoms with Crippen molar-refractivity contribution in [2.75, 3.05) is 14.2 Å². The van der Waals surface area contributed by atoms with E-state index in [4.69, 9.17) is 14.6 Å². The van der Waals surface area contributed by atoms with Gasteiger partial charge >= 0.3 is 6.03 Å². The number of sulfonamides is 1. The van der Waals surface area contributed by atoms with Gasteiger partial charge in [0.1, 0.15) is 6.61 Å². The Hall–Kier alpha value is -3.56. The number of nitrogens with zero attached hydrogens (tertiary/aromatic N) is 1. The van der Waals surface area contributed by atoms with E-state index < -0.39 is 10.0 Å². The number of urea groups is 1. The Labute approximate surface area is 194 Å². The van der Waals surface area contributed by atoms with Crippen LogP contribution in [0.15, 0.2) is 77.7 Å². The highest BCUT2D eigenvalue weighted by Crippen LogP contribution is 2.29. The molecule has 0 atom stereocenters. The van der Waals surface area contributed by atoms with Crippen molar-refractivity contribution in [2.45, 2.75) is 24.6 Å². The standard InChI is InChI=1S/C24H27N3O5S/c1-27(24(28)26-15-18-8-11-21(12-9-18)33(25,29)30)16-20-10-13-22(23(14-20)31-2)32-17-19-6-4-3-5-7-19/h3-14H,15-17H2,1-2H3,(H,26,28)(H2,25,29,30). The van der Waals surface area contributed by atoms with Crippen molar-refractivity contribution in [3.05, 3.63) is 89.5 Å². The fourth-order valence-electron chi connectivity index (χ4n) is 3.12. The topological polar surface area (TPSA) is 111 Å². The van der Waals surface area contributed by atoms with Gasteiger partial charge in [0, 0.05) is 20.1 Å². The van der Waals surface area contributed by atoms with Gasteiger partial charge in [-0.2, -0.15) is 0 Å². The summed E-state index contributed by atoms with van der Waals surface area (Å²) in [6, 6.07) is 21.2. The number of amides is 2. The highest BCUT2D eigenvalue weighted by Gasteiger charge is 2.12. The zero-order chi connectivity index (χ0) is 23.8. The van der Waals surface area contributed by atoms with E-state index in [1.807, 2.05) is 48.5 Å². The fourth-order valence-corrected chi connectivity index (χ4v) is 3.64. The second kappa shape index (κ2) is 10.8. The van der Waals surface area contributed by atoms with Crippen LogP contribution < -0.4 is 19.9 Å². The summed E-state index contributed by atoms with van der Waals surface area (Å²) in [6.45, 7) is 1.05. The average molecular weight is 470 g/mol. The number of methoxy groups -OCH3 is 1. The van der Waals surface area contributed by atoms with Crippen molar-refractivity contribution >= 4 is 16.1 Å². The molecule has 0 unspecified atom stereocenters. The second-order valence-electron chi connectivity index (χ2n) is 7.46. The zero-order valence-electron chi connectivity index (χ0n) is 18.5. The maximum absolute atomic E-state index is 12.5. The van der Waals surface area contributed by atoms with Crippen LogP contribution in [0, 0.1) is 0 Å². The normalized spacial score (nSPS) is 11.0. The molecule has 3 aromatic rings. The molecule has 0 aliphatic rings. The van der Waals surface area contributed by atoms with Crippen LogP contribution in [0.2, 0.25) is 0 Å². The number of carbonyl (C=O) groups is 1. The molecule has 0 heterocycles. The van der Waals surface area contributed by atoms with Crippen LogP contribution in [0.1, 0.15) is 16.7 Å². The predicted octanol–water partition coefficient (Wildman–Crippen LogP) is 3.26. The highest BCUT2D eigenvalue weighted by atomic mass is 32.2. The first-order valence-corrected chi connectivity index (χ1v) is 11.8. The van der Waals surface area contributed by atoms with E-state index in [2.05, 4.69) is 5.32 Å². The fraction of sp³-hybridized carbons (Fsp3) is 0.208. The van der Waals surface area contributed by atoms with Gasteiger partial charge in [0.05, 0.1) is 12.0 Å². The van der Waals surface area contributed by atoms with E-state index in [1.165, 1.54) is 17.0 Å². The number of primary sulfonamides is 1. The summed E-state index contributed by atoms with van der Waals surface area (Å²) in [4.78, 5) is 14.0. The van der Waals surface area contributed by atoms with Crippen molar-refractivity contribution in [3.8, 4) is 11.5 Å². The van der Waals surface area contributed by atoms with E-state index in [-0.39, 0.29) is 17.5 Å². The molecule has 3 N–H and O–H groups in total. The Morgan fingerprint density at radius 3 is 2.24 bits per heavy atom. The highest BCUT2D eigenvalue weighted by molar-refractivity contribution is 7.89. The summed E-state index contributed by atoms with van der Waals surface area (Å²) in [7, 11) is -0.479. The van der Waals surface area contributed by atoms with Crippen molar-refractivity contribution in [1.29, 1.82) is 0 Å². The molecule has 0 saturated heterocycles. The van der Waals surface area contributed by atoms with Crippen LogP contribution >= 0.6 is 0 Å². The maximum Gasteiger partial charge on any atom is 0.317 e. The molecule has 0 aliphatic heterocycles. The molecule has 3 rings (SSSR count). The molecule has 0 spiro atoms. The van der Waals surface area contributed by atoms with Gasteiger partial charge in [0.2, 0.25) is 10.0 Å². The summed E-state index contributed by atoms with van der Waals surface area (Å²) in [5.41, 5.74) is 2.69. The third-order valence-corrected chi connectivity index (χ3v) is 5.86. The molecule has 0 bridgehead atoms. The van der Waals surface area contributed by atoms with Gasteiger partial charge in [-0.15, -0.1) is 0 Å². The molecular weight excluding hydrogens is 442 g/mol. The van der Waals surface area contributed by atoms with Crippen LogP contribution in [0.4, 0.5) is 4.79 Å². The van der Waals surface area contributed by atoms with Crippen molar-refractivity contribution in [3.63, 3.8) is 0 Å². The molecular formula is C24H27N3O5S. The molecule has 0 saturated carbocycles. The van der Waals surface area contributed by atoms with Gasteiger partial charge in [0.15, 0.2) is 11.5 Å². The number of nitrogens with two attached hydrogens (primary N) is 1. The summed E-state index contributed by atoms with van der Waals surface area (Å²) in [5.74, 6) is 1.22. The Kier molecular flexibility index (Phi) is 7.92. The monoisotopic (exact) mass is 469 g/mol. The number of benzene rings is 3. The Bertz CT molecular complexity index is 1180. The van der Waals surface area contributed by atoms with Crippen LogP contribution in [0.25, 0.3) is 0 Å². The number of carbonyl (C=O) groups excluding carboxylic acids is 1. The molecule has 2 amide bonds. The Morgan fingerprint density at radius 1 is 0.939 bits per heavy atom. The number of hydrogen-bond acceptors (Lipinski definition) is 5. The molecule has 0 radical (unpaired) electrons. The summed E-state index contributed by atoms with van der Waals surface area (Å²) in [6.07, 6.45) is 0. The van der Waals surface area contributed by atoms with Crippen molar-refractivity contribution < 1.29 is 22.7 Å². The van der Waals surface area contributed by atoms with E-state index in [1.54, 1.807) is 26.3 Å². The smallest absolute Gasteiger partial charge is 0.317 e. The minimum absolute atomic E-state index is 0.0276. The summed E-state index contributed by atoms with van der Waals surface area (Å²) in [5, 5.41) is 7.90. The minimum atomic E-state index is -3.74. The summed E-state index contributed by atoms with van der Waals surface area (Å²) < 4.78 is 34.0. The SMILES string of the molecule is COc1cc(CN(C)C(=O)NCc2ccc(S(N)(=O)=O)cc2)ccc1OCc1ccccc1. The Balaban J connectivity index is 1.55. The molecule has 0 aromatic heterocycles. The second-order valence-corrected chi connectivity index (χ2v) is 9.02. The minimum Gasteiger partial charge on any atom is -0.493 e. The van der Waals surface area contributed by atoms with Gasteiger partial charge in [-0.25, -0.2) is 18.4 Å². The number of ether oxygens (including phenoxy) is 2. The first-order valence-electron chi connectivity index (χ1n) is 10.2. The lowest BCUT2D eigenvalue weighted by molar-refractivity contribution is 0.206. The predicted molar refractivity (Wildman–Crippen MR) is 125 cm³/mol. The van der Waals surface area contributed by atoms with Gasteiger partial charge in [0.25, 0.3) is 0 Å². The van der Waals surface area contributed by atoms with Crippen LogP contribution in [0.5, 0.6) is 11.5 Å². The number of nitrogens with one attached hydrogen (secondary N) is 1. The molecule has 3 aromatic carbocycles. The maximum atomic E-state index is 12.5. The van der Waals surface area contributed by atoms with E-state index >= 15 is 0 Å². The van der Waals surface area contributed by atoms with Gasteiger partial charge in [-0.05, 0) is 41.0 Å². The van der Waals surface area contributed by atoms with Gasteiger partial charge < -0.3 is 19.7 Å². The Morgan fingerprint density at radius 2 is 1.61 bits per heavy atom. The van der Waals surface area contributed by atoms with E-state index in [0.29, 0.717) is 24.7 Å². The van der Waals surface area contributed by atoms with E-state index in [0.717, 1.165) is 16.7 Å². The van der Waals surface area contributed by atoms with Crippen molar-refractivity contribution in [1.82, 2.24) is 10.2 Å².